The zero-order chi connectivity index (χ0) is 11.5. The summed E-state index contributed by atoms with van der Waals surface area (Å²) in [6.45, 7) is 5.46. The molecule has 0 amide bonds. The first-order valence-corrected chi connectivity index (χ1v) is 6.32. The Hall–Kier alpha value is -0.730. The third-order valence-electron chi connectivity index (χ3n) is 3.05. The van der Waals surface area contributed by atoms with Crippen molar-refractivity contribution >= 4 is 17.3 Å². The minimum Gasteiger partial charge on any atom is -0.399 e. The molecule has 2 nitrogen and oxygen atoms in total. The van der Waals surface area contributed by atoms with Crippen molar-refractivity contribution in [2.24, 2.45) is 5.92 Å². The molecule has 2 rings (SSSR count). The zero-order valence-electron chi connectivity index (χ0n) is 9.75. The Balaban J connectivity index is 1.99. The van der Waals surface area contributed by atoms with Crippen LogP contribution in [-0.4, -0.2) is 18.0 Å². The maximum atomic E-state index is 6.00. The number of nitrogen functional groups attached to an aromatic ring is 1. The molecule has 0 heterocycles. The van der Waals surface area contributed by atoms with Crippen LogP contribution in [0.3, 0.4) is 0 Å². The van der Waals surface area contributed by atoms with Crippen LogP contribution < -0.4 is 5.73 Å². The van der Waals surface area contributed by atoms with E-state index >= 15 is 0 Å². The van der Waals surface area contributed by atoms with Gasteiger partial charge in [-0.05, 0) is 49.1 Å². The average molecular weight is 239 g/mol. The molecule has 0 spiro atoms. The fourth-order valence-corrected chi connectivity index (χ4v) is 2.26. The summed E-state index contributed by atoms with van der Waals surface area (Å²) in [6.07, 6.45) is 2.79. The summed E-state index contributed by atoms with van der Waals surface area (Å²) in [5.41, 5.74) is 7.76. The first kappa shape index (κ1) is 11.7. The van der Waals surface area contributed by atoms with Crippen LogP contribution in [0, 0.1) is 5.92 Å². The number of halogens is 1. The van der Waals surface area contributed by atoms with E-state index in [2.05, 4.69) is 11.8 Å². The molecule has 88 valence electrons. The number of nitrogens with zero attached hydrogens (tertiary/aromatic N) is 1. The molecule has 3 heteroatoms. The van der Waals surface area contributed by atoms with Crippen molar-refractivity contribution in [1.82, 2.24) is 4.90 Å². The molecule has 0 atom stereocenters. The molecule has 1 saturated carbocycles. The van der Waals surface area contributed by atoms with Gasteiger partial charge in [-0.1, -0.05) is 18.5 Å². The molecule has 1 aromatic carbocycles. The maximum absolute atomic E-state index is 6.00. The van der Waals surface area contributed by atoms with Crippen molar-refractivity contribution in [3.05, 3.63) is 28.8 Å². The highest BCUT2D eigenvalue weighted by atomic mass is 35.5. The van der Waals surface area contributed by atoms with Gasteiger partial charge in [-0.2, -0.15) is 0 Å². The number of hydrogen-bond acceptors (Lipinski definition) is 2. The van der Waals surface area contributed by atoms with Gasteiger partial charge in [0.2, 0.25) is 0 Å². The van der Waals surface area contributed by atoms with Crippen molar-refractivity contribution in [2.75, 3.05) is 18.8 Å². The Morgan fingerprint density at radius 1 is 1.38 bits per heavy atom. The molecule has 1 aliphatic rings. The van der Waals surface area contributed by atoms with Gasteiger partial charge >= 0.3 is 0 Å². The van der Waals surface area contributed by atoms with Gasteiger partial charge in [0.1, 0.15) is 0 Å². The lowest BCUT2D eigenvalue weighted by Gasteiger charge is -2.20. The van der Waals surface area contributed by atoms with E-state index in [0.717, 1.165) is 29.7 Å². The molecule has 0 aliphatic heterocycles. The van der Waals surface area contributed by atoms with Crippen LogP contribution in [-0.2, 0) is 6.54 Å². The minimum atomic E-state index is 0.734. The molecule has 0 bridgehead atoms. The van der Waals surface area contributed by atoms with E-state index in [9.17, 15) is 0 Å². The molecule has 0 saturated heterocycles. The second kappa shape index (κ2) is 5.07. The summed E-state index contributed by atoms with van der Waals surface area (Å²) in [5.74, 6) is 0.927. The van der Waals surface area contributed by atoms with Gasteiger partial charge in [0.05, 0.1) is 0 Å². The zero-order valence-corrected chi connectivity index (χ0v) is 10.5. The SMILES string of the molecule is CCN(Cc1cc(N)cc(Cl)c1)CC1CC1. The molecule has 0 radical (unpaired) electrons. The average Bonchev–Trinajstić information content (AvgIpc) is 2.99. The van der Waals surface area contributed by atoms with Gasteiger partial charge in [-0.15, -0.1) is 0 Å². The van der Waals surface area contributed by atoms with Crippen molar-refractivity contribution in [3.63, 3.8) is 0 Å². The standard InChI is InChI=1S/C13H19ClN2/c1-2-16(8-10-3-4-10)9-11-5-12(14)7-13(15)6-11/h5-7,10H,2-4,8-9,15H2,1H3. The van der Waals surface area contributed by atoms with Crippen LogP contribution in [0.5, 0.6) is 0 Å². The molecule has 16 heavy (non-hydrogen) atoms. The van der Waals surface area contributed by atoms with E-state index in [1.165, 1.54) is 24.9 Å². The van der Waals surface area contributed by atoms with E-state index in [0.29, 0.717) is 0 Å². The van der Waals surface area contributed by atoms with Crippen LogP contribution in [0.2, 0.25) is 5.02 Å². The highest BCUT2D eigenvalue weighted by molar-refractivity contribution is 6.30. The predicted octanol–water partition coefficient (Wildman–Crippen LogP) is 3.15. The van der Waals surface area contributed by atoms with Gasteiger partial charge in [-0.25, -0.2) is 0 Å². The second-order valence-corrected chi connectivity index (χ2v) is 5.10. The summed E-state index contributed by atoms with van der Waals surface area (Å²) < 4.78 is 0. The number of nitrogens with two attached hydrogens (primary N) is 1. The largest absolute Gasteiger partial charge is 0.399 e. The van der Waals surface area contributed by atoms with Crippen LogP contribution in [0.25, 0.3) is 0 Å². The van der Waals surface area contributed by atoms with E-state index in [-0.39, 0.29) is 0 Å². The van der Waals surface area contributed by atoms with E-state index < -0.39 is 0 Å². The monoisotopic (exact) mass is 238 g/mol. The Morgan fingerprint density at radius 2 is 2.12 bits per heavy atom. The van der Waals surface area contributed by atoms with Crippen LogP contribution >= 0.6 is 11.6 Å². The molecular weight excluding hydrogens is 220 g/mol. The molecule has 1 aromatic rings. The van der Waals surface area contributed by atoms with Crippen molar-refractivity contribution < 1.29 is 0 Å². The van der Waals surface area contributed by atoms with E-state index in [1.54, 1.807) is 6.07 Å². The van der Waals surface area contributed by atoms with E-state index in [4.69, 9.17) is 17.3 Å². The van der Waals surface area contributed by atoms with Crippen LogP contribution in [0.4, 0.5) is 5.69 Å². The Bertz CT molecular complexity index is 341. The number of rotatable bonds is 5. The summed E-state index contributed by atoms with van der Waals surface area (Å²) in [6, 6.07) is 5.82. The lowest BCUT2D eigenvalue weighted by atomic mass is 10.2. The maximum Gasteiger partial charge on any atom is 0.0429 e. The minimum absolute atomic E-state index is 0.734. The topological polar surface area (TPSA) is 29.3 Å². The van der Waals surface area contributed by atoms with Gasteiger partial charge < -0.3 is 5.73 Å². The molecular formula is C13H19ClN2. The normalized spacial score (nSPS) is 15.7. The molecule has 0 unspecified atom stereocenters. The predicted molar refractivity (Wildman–Crippen MR) is 69.5 cm³/mol. The van der Waals surface area contributed by atoms with Crippen LogP contribution in [0.15, 0.2) is 18.2 Å². The second-order valence-electron chi connectivity index (χ2n) is 4.66. The van der Waals surface area contributed by atoms with Crippen molar-refractivity contribution in [2.45, 2.75) is 26.3 Å². The van der Waals surface area contributed by atoms with Gasteiger partial charge in [0.15, 0.2) is 0 Å². The number of anilines is 1. The molecule has 1 aliphatic carbocycles. The number of benzene rings is 1. The lowest BCUT2D eigenvalue weighted by molar-refractivity contribution is 0.268. The summed E-state index contributed by atoms with van der Waals surface area (Å²) in [4.78, 5) is 2.46. The van der Waals surface area contributed by atoms with Crippen molar-refractivity contribution in [1.29, 1.82) is 0 Å². The van der Waals surface area contributed by atoms with Crippen LogP contribution in [0.1, 0.15) is 25.3 Å². The number of hydrogen-bond donors (Lipinski definition) is 1. The third-order valence-corrected chi connectivity index (χ3v) is 3.26. The van der Waals surface area contributed by atoms with Gasteiger partial charge in [-0.3, -0.25) is 4.90 Å². The quantitative estimate of drug-likeness (QED) is 0.799. The smallest absolute Gasteiger partial charge is 0.0429 e. The van der Waals surface area contributed by atoms with Gasteiger partial charge in [0.25, 0.3) is 0 Å². The highest BCUT2D eigenvalue weighted by Crippen LogP contribution is 2.30. The Labute approximate surface area is 102 Å². The summed E-state index contributed by atoms with van der Waals surface area (Å²) in [7, 11) is 0. The highest BCUT2D eigenvalue weighted by Gasteiger charge is 2.23. The molecule has 2 N–H and O–H groups in total. The summed E-state index contributed by atoms with van der Waals surface area (Å²) in [5, 5.41) is 0.734. The Morgan fingerprint density at radius 3 is 2.69 bits per heavy atom. The fraction of sp³-hybridized carbons (Fsp3) is 0.538. The van der Waals surface area contributed by atoms with E-state index in [1.807, 2.05) is 12.1 Å². The van der Waals surface area contributed by atoms with Gasteiger partial charge in [0, 0.05) is 23.8 Å². The Kier molecular flexibility index (Phi) is 3.72. The summed E-state index contributed by atoms with van der Waals surface area (Å²) >= 11 is 6.00. The first-order chi connectivity index (χ1) is 7.67. The fourth-order valence-electron chi connectivity index (χ4n) is 2.00. The van der Waals surface area contributed by atoms with Crippen molar-refractivity contribution in [3.8, 4) is 0 Å². The lowest BCUT2D eigenvalue weighted by Crippen LogP contribution is -2.25. The molecule has 1 fully saturated rings. The third kappa shape index (κ3) is 3.39. The molecule has 0 aromatic heterocycles. The first-order valence-electron chi connectivity index (χ1n) is 5.94.